The summed E-state index contributed by atoms with van der Waals surface area (Å²) in [5, 5.41) is 9.97. The summed E-state index contributed by atoms with van der Waals surface area (Å²) in [6, 6.07) is 0.742. The van der Waals surface area contributed by atoms with Gasteiger partial charge in [-0.05, 0) is 45.4 Å². The fraction of sp³-hybridized carbons (Fsp3) is 0.905. The molecule has 2 aliphatic rings. The van der Waals surface area contributed by atoms with Crippen LogP contribution in [0.1, 0.15) is 65.2 Å². The molecule has 2 rings (SSSR count). The molecule has 2 saturated carbocycles. The lowest BCUT2D eigenvalue weighted by molar-refractivity contribution is -0.126. The van der Waals surface area contributed by atoms with E-state index < -0.39 is 0 Å². The highest BCUT2D eigenvalue weighted by atomic mass is 16.5. The van der Waals surface area contributed by atoms with Crippen LogP contribution in [0.4, 0.5) is 0 Å². The van der Waals surface area contributed by atoms with Crippen molar-refractivity contribution in [3.8, 4) is 0 Å². The Morgan fingerprint density at radius 1 is 0.964 bits per heavy atom. The van der Waals surface area contributed by atoms with Crippen molar-refractivity contribution in [2.24, 2.45) is 10.9 Å². The highest BCUT2D eigenvalue weighted by Crippen LogP contribution is 2.26. The van der Waals surface area contributed by atoms with Crippen molar-refractivity contribution in [1.29, 1.82) is 0 Å². The molecular weight excluding hydrogens is 356 g/mol. The summed E-state index contributed by atoms with van der Waals surface area (Å²) in [5.74, 6) is 1.19. The van der Waals surface area contributed by atoms with Gasteiger partial charge in [-0.15, -0.1) is 0 Å². The molecule has 2 fully saturated rings. The summed E-state index contributed by atoms with van der Waals surface area (Å²) < 4.78 is 11.1. The lowest BCUT2D eigenvalue weighted by Gasteiger charge is -2.30. The largest absolute Gasteiger partial charge is 0.379 e. The third-order valence-electron chi connectivity index (χ3n) is 5.17. The van der Waals surface area contributed by atoms with Gasteiger partial charge in [-0.2, -0.15) is 0 Å². The van der Waals surface area contributed by atoms with E-state index in [1.807, 2.05) is 0 Å². The summed E-state index contributed by atoms with van der Waals surface area (Å²) in [4.78, 5) is 17.0. The Bertz CT molecular complexity index is 469. The second-order valence-corrected chi connectivity index (χ2v) is 7.83. The Balaban J connectivity index is 1.64. The van der Waals surface area contributed by atoms with Crippen LogP contribution in [0.3, 0.4) is 0 Å². The van der Waals surface area contributed by atoms with Crippen molar-refractivity contribution in [2.75, 3.05) is 39.5 Å². The van der Waals surface area contributed by atoms with Crippen LogP contribution in [0.15, 0.2) is 4.99 Å². The highest BCUT2D eigenvalue weighted by Gasteiger charge is 2.31. The monoisotopic (exact) mass is 396 g/mol. The molecule has 0 heterocycles. The van der Waals surface area contributed by atoms with Crippen LogP contribution in [-0.2, 0) is 14.3 Å². The van der Waals surface area contributed by atoms with Crippen molar-refractivity contribution in [3.05, 3.63) is 0 Å². The molecule has 0 bridgehead atoms. The second kappa shape index (κ2) is 13.8. The Labute approximate surface area is 170 Å². The Hall–Kier alpha value is -1.34. The number of nitrogens with zero attached hydrogens (tertiary/aromatic N) is 1. The number of nitrogens with one attached hydrogen (secondary N) is 3. The number of rotatable bonds is 13. The molecule has 0 radical (unpaired) electrons. The molecule has 0 spiro atoms. The summed E-state index contributed by atoms with van der Waals surface area (Å²) in [6.45, 7) is 8.31. The average molecular weight is 397 g/mol. The summed E-state index contributed by atoms with van der Waals surface area (Å²) >= 11 is 0. The molecule has 0 aromatic carbocycles. The maximum atomic E-state index is 12.3. The fourth-order valence-electron chi connectivity index (χ4n) is 3.41. The number of ether oxygens (including phenoxy) is 2. The van der Waals surface area contributed by atoms with Gasteiger partial charge >= 0.3 is 0 Å². The normalized spacial score (nSPS) is 22.7. The van der Waals surface area contributed by atoms with E-state index in [1.54, 1.807) is 0 Å². The first-order chi connectivity index (χ1) is 13.7. The van der Waals surface area contributed by atoms with E-state index in [-0.39, 0.29) is 11.8 Å². The molecule has 2 unspecified atom stereocenters. The number of hydrogen-bond acceptors (Lipinski definition) is 4. The lowest BCUT2D eigenvalue weighted by atomic mass is 9.85. The molecule has 2 aliphatic carbocycles. The molecule has 162 valence electrons. The molecule has 0 aliphatic heterocycles. The number of amides is 1. The van der Waals surface area contributed by atoms with Gasteiger partial charge < -0.3 is 25.4 Å². The van der Waals surface area contributed by atoms with Crippen molar-refractivity contribution in [2.45, 2.75) is 77.3 Å². The third kappa shape index (κ3) is 9.73. The van der Waals surface area contributed by atoms with Gasteiger partial charge in [0.05, 0.1) is 26.4 Å². The van der Waals surface area contributed by atoms with Crippen LogP contribution in [0.5, 0.6) is 0 Å². The molecule has 7 heteroatoms. The van der Waals surface area contributed by atoms with Gasteiger partial charge in [-0.25, -0.2) is 0 Å². The smallest absolute Gasteiger partial charge is 0.223 e. The summed E-state index contributed by atoms with van der Waals surface area (Å²) in [6.07, 6.45) is 8.60. The predicted octanol–water partition coefficient (Wildman–Crippen LogP) is 2.21. The first kappa shape index (κ1) is 22.9. The number of guanidine groups is 1. The average Bonchev–Trinajstić information content (AvgIpc) is 3.51. The molecule has 1 amide bonds. The molecule has 0 aromatic heterocycles. The topological polar surface area (TPSA) is 84.0 Å². The first-order valence-corrected chi connectivity index (χ1v) is 11.2. The Kier molecular flexibility index (Phi) is 11.3. The zero-order valence-corrected chi connectivity index (χ0v) is 17.8. The maximum Gasteiger partial charge on any atom is 0.223 e. The van der Waals surface area contributed by atoms with Gasteiger partial charge in [-0.1, -0.05) is 19.8 Å². The van der Waals surface area contributed by atoms with Crippen LogP contribution < -0.4 is 16.0 Å². The van der Waals surface area contributed by atoms with E-state index in [1.165, 1.54) is 0 Å². The van der Waals surface area contributed by atoms with Gasteiger partial charge in [0.15, 0.2) is 5.96 Å². The summed E-state index contributed by atoms with van der Waals surface area (Å²) in [7, 11) is 0. The zero-order chi connectivity index (χ0) is 20.0. The van der Waals surface area contributed by atoms with E-state index in [2.05, 4.69) is 34.8 Å². The van der Waals surface area contributed by atoms with Crippen LogP contribution in [0.2, 0.25) is 0 Å². The molecule has 0 saturated heterocycles. The fourth-order valence-corrected chi connectivity index (χ4v) is 3.41. The highest BCUT2D eigenvalue weighted by molar-refractivity contribution is 5.81. The molecular formula is C21H40N4O3. The van der Waals surface area contributed by atoms with Crippen molar-refractivity contribution in [1.82, 2.24) is 16.0 Å². The predicted molar refractivity (Wildman–Crippen MR) is 113 cm³/mol. The molecule has 28 heavy (non-hydrogen) atoms. The van der Waals surface area contributed by atoms with E-state index in [9.17, 15) is 4.79 Å². The van der Waals surface area contributed by atoms with Gasteiger partial charge in [0.1, 0.15) is 0 Å². The quantitative estimate of drug-likeness (QED) is 0.253. The molecule has 0 aromatic rings. The molecule has 3 N–H and O–H groups in total. The Morgan fingerprint density at radius 3 is 2.46 bits per heavy atom. The van der Waals surface area contributed by atoms with Crippen molar-refractivity contribution >= 4 is 11.9 Å². The van der Waals surface area contributed by atoms with E-state index in [4.69, 9.17) is 9.47 Å². The minimum atomic E-state index is 0.130. The number of carbonyl (C=O) groups is 1. The van der Waals surface area contributed by atoms with Crippen LogP contribution in [0.25, 0.3) is 0 Å². The number of unbranched alkanes of at least 4 members (excludes halogenated alkanes) is 1. The van der Waals surface area contributed by atoms with E-state index in [0.29, 0.717) is 38.4 Å². The lowest BCUT2D eigenvalue weighted by Crippen LogP contribution is -2.47. The van der Waals surface area contributed by atoms with Gasteiger partial charge in [0, 0.05) is 31.2 Å². The molecule has 2 atom stereocenters. The minimum Gasteiger partial charge on any atom is -0.379 e. The van der Waals surface area contributed by atoms with Crippen LogP contribution >= 0.6 is 0 Å². The van der Waals surface area contributed by atoms with Gasteiger partial charge in [-0.3, -0.25) is 9.79 Å². The van der Waals surface area contributed by atoms with Crippen molar-refractivity contribution < 1.29 is 14.3 Å². The SMILES string of the molecule is CCCCOCCOCCN=C(NCC)NC1CCCC(C(=O)NC2CC2)C1. The van der Waals surface area contributed by atoms with Crippen LogP contribution in [0, 0.1) is 5.92 Å². The number of hydrogen-bond donors (Lipinski definition) is 3. The summed E-state index contributed by atoms with van der Waals surface area (Å²) in [5.41, 5.74) is 0. The number of carbonyl (C=O) groups excluding carboxylic acids is 1. The molecule has 7 nitrogen and oxygen atoms in total. The van der Waals surface area contributed by atoms with Gasteiger partial charge in [0.2, 0.25) is 5.91 Å². The standard InChI is InChI=1S/C21H40N4O3/c1-3-5-12-27-14-15-28-13-11-23-21(22-4-2)25-19-8-6-7-17(16-19)20(26)24-18-9-10-18/h17-19H,3-16H2,1-2H3,(H,24,26)(H2,22,23,25). The first-order valence-electron chi connectivity index (χ1n) is 11.2. The van der Waals surface area contributed by atoms with Gasteiger partial charge in [0.25, 0.3) is 0 Å². The second-order valence-electron chi connectivity index (χ2n) is 7.83. The zero-order valence-electron chi connectivity index (χ0n) is 17.8. The van der Waals surface area contributed by atoms with Crippen molar-refractivity contribution in [3.63, 3.8) is 0 Å². The Morgan fingerprint density at radius 2 is 1.75 bits per heavy atom. The maximum absolute atomic E-state index is 12.3. The minimum absolute atomic E-state index is 0.130. The van der Waals surface area contributed by atoms with E-state index in [0.717, 1.165) is 70.5 Å². The number of aliphatic imine (C=N–C) groups is 1. The third-order valence-corrected chi connectivity index (χ3v) is 5.17. The van der Waals surface area contributed by atoms with Crippen LogP contribution in [-0.4, -0.2) is 63.5 Å². The van der Waals surface area contributed by atoms with E-state index >= 15 is 0 Å².